The lowest BCUT2D eigenvalue weighted by molar-refractivity contribution is 0.138. The van der Waals surface area contributed by atoms with Gasteiger partial charge in [0, 0.05) is 5.92 Å². The number of hydrogen-bond acceptors (Lipinski definition) is 1. The molecule has 0 fully saturated rings. The molecule has 0 radical (unpaired) electrons. The molecule has 0 heterocycles. The lowest BCUT2D eigenvalue weighted by atomic mass is 9.90. The molecule has 1 aromatic rings. The Morgan fingerprint density at radius 2 is 1.93 bits per heavy atom. The predicted molar refractivity (Wildman–Crippen MR) is 60.5 cm³/mol. The van der Waals surface area contributed by atoms with E-state index >= 15 is 0 Å². The van der Waals surface area contributed by atoms with Crippen molar-refractivity contribution in [2.45, 2.75) is 45.6 Å². The van der Waals surface area contributed by atoms with Crippen molar-refractivity contribution in [2.75, 3.05) is 0 Å². The van der Waals surface area contributed by atoms with Crippen LogP contribution in [0, 0.1) is 6.92 Å². The van der Waals surface area contributed by atoms with Crippen LogP contribution in [-0.2, 0) is 0 Å². The number of aliphatic hydroxyl groups is 1. The molecule has 2 unspecified atom stereocenters. The molecule has 0 aliphatic carbocycles. The van der Waals surface area contributed by atoms with E-state index in [9.17, 15) is 5.11 Å². The van der Waals surface area contributed by atoms with Crippen LogP contribution in [0.1, 0.15) is 43.7 Å². The summed E-state index contributed by atoms with van der Waals surface area (Å²) in [6.07, 6.45) is 1.72. The molecule has 1 aromatic carbocycles. The molecule has 1 rings (SSSR count). The smallest absolute Gasteiger partial charge is 0.0606 e. The predicted octanol–water partition coefficient (Wildman–Crippen LogP) is 3.26. The summed E-state index contributed by atoms with van der Waals surface area (Å²) < 4.78 is 0. The normalized spacial score (nSPS) is 15.1. The van der Waals surface area contributed by atoms with Gasteiger partial charge in [0.2, 0.25) is 0 Å². The Bertz CT molecular complexity index is 280. The zero-order valence-electron chi connectivity index (χ0n) is 9.33. The van der Waals surface area contributed by atoms with E-state index in [1.165, 1.54) is 11.1 Å². The van der Waals surface area contributed by atoms with E-state index in [1.54, 1.807) is 0 Å². The highest BCUT2D eigenvalue weighted by molar-refractivity contribution is 5.29. The molecule has 78 valence electrons. The highest BCUT2D eigenvalue weighted by Crippen LogP contribution is 2.24. The zero-order chi connectivity index (χ0) is 10.6. The average molecular weight is 192 g/mol. The third-order valence-electron chi connectivity index (χ3n) is 2.84. The largest absolute Gasteiger partial charge is 0.393 e. The molecule has 1 nitrogen and oxygen atoms in total. The van der Waals surface area contributed by atoms with Gasteiger partial charge in [-0.1, -0.05) is 44.5 Å². The van der Waals surface area contributed by atoms with Gasteiger partial charge in [0.1, 0.15) is 0 Å². The van der Waals surface area contributed by atoms with Crippen molar-refractivity contribution in [1.82, 2.24) is 0 Å². The van der Waals surface area contributed by atoms with Crippen LogP contribution in [0.4, 0.5) is 0 Å². The zero-order valence-corrected chi connectivity index (χ0v) is 9.33. The van der Waals surface area contributed by atoms with E-state index in [2.05, 4.69) is 32.9 Å². The summed E-state index contributed by atoms with van der Waals surface area (Å²) in [5.74, 6) is 0.246. The summed E-state index contributed by atoms with van der Waals surface area (Å²) in [7, 11) is 0. The Kier molecular flexibility index (Phi) is 4.15. The first kappa shape index (κ1) is 11.3. The average Bonchev–Trinajstić information content (AvgIpc) is 2.18. The number of rotatable bonds is 4. The molecule has 2 atom stereocenters. The van der Waals surface area contributed by atoms with Gasteiger partial charge < -0.3 is 5.11 Å². The second-order valence-electron chi connectivity index (χ2n) is 4.00. The molecule has 0 bridgehead atoms. The first-order chi connectivity index (χ1) is 6.66. The Morgan fingerprint density at radius 3 is 2.50 bits per heavy atom. The van der Waals surface area contributed by atoms with Crippen molar-refractivity contribution < 1.29 is 5.11 Å². The lowest BCUT2D eigenvalue weighted by Gasteiger charge is -2.20. The van der Waals surface area contributed by atoms with Crippen LogP contribution < -0.4 is 0 Å². The van der Waals surface area contributed by atoms with E-state index in [0.29, 0.717) is 0 Å². The van der Waals surface area contributed by atoms with Crippen LogP contribution in [0.5, 0.6) is 0 Å². The monoisotopic (exact) mass is 192 g/mol. The third kappa shape index (κ3) is 2.58. The van der Waals surface area contributed by atoms with Gasteiger partial charge >= 0.3 is 0 Å². The topological polar surface area (TPSA) is 20.2 Å². The maximum absolute atomic E-state index is 9.90. The van der Waals surface area contributed by atoms with Gasteiger partial charge in [0.15, 0.2) is 0 Å². The highest BCUT2D eigenvalue weighted by Gasteiger charge is 2.16. The van der Waals surface area contributed by atoms with E-state index in [1.807, 2.05) is 12.1 Å². The molecule has 14 heavy (non-hydrogen) atoms. The molecule has 0 saturated heterocycles. The first-order valence-electron chi connectivity index (χ1n) is 5.40. The number of benzene rings is 1. The summed E-state index contributed by atoms with van der Waals surface area (Å²) >= 11 is 0. The standard InChI is InChI=1S/C13H20O/c1-4-7-13(14)11(3)12-9-6-5-8-10(12)2/h5-6,8-9,11,13-14H,4,7H2,1-3H3. The molecule has 1 N–H and O–H groups in total. The highest BCUT2D eigenvalue weighted by atomic mass is 16.3. The summed E-state index contributed by atoms with van der Waals surface area (Å²) in [6, 6.07) is 8.29. The number of hydrogen-bond donors (Lipinski definition) is 1. The van der Waals surface area contributed by atoms with Crippen LogP contribution in [-0.4, -0.2) is 11.2 Å². The van der Waals surface area contributed by atoms with Crippen LogP contribution in [0.3, 0.4) is 0 Å². The van der Waals surface area contributed by atoms with Crippen LogP contribution >= 0.6 is 0 Å². The molecule has 0 amide bonds. The number of aryl methyl sites for hydroxylation is 1. The molecular weight excluding hydrogens is 172 g/mol. The fourth-order valence-electron chi connectivity index (χ4n) is 1.85. The van der Waals surface area contributed by atoms with Crippen molar-refractivity contribution in [3.8, 4) is 0 Å². The summed E-state index contributed by atoms with van der Waals surface area (Å²) in [5.41, 5.74) is 2.55. The maximum atomic E-state index is 9.90. The van der Waals surface area contributed by atoms with Gasteiger partial charge in [-0.05, 0) is 24.5 Å². The first-order valence-corrected chi connectivity index (χ1v) is 5.40. The van der Waals surface area contributed by atoms with E-state index < -0.39 is 0 Å². The fraction of sp³-hybridized carbons (Fsp3) is 0.538. The third-order valence-corrected chi connectivity index (χ3v) is 2.84. The summed E-state index contributed by atoms with van der Waals surface area (Å²) in [4.78, 5) is 0. The Hall–Kier alpha value is -0.820. The van der Waals surface area contributed by atoms with E-state index in [0.717, 1.165) is 12.8 Å². The fourth-order valence-corrected chi connectivity index (χ4v) is 1.85. The van der Waals surface area contributed by atoms with Crippen molar-refractivity contribution in [1.29, 1.82) is 0 Å². The van der Waals surface area contributed by atoms with Gasteiger partial charge in [-0.3, -0.25) is 0 Å². The van der Waals surface area contributed by atoms with Gasteiger partial charge in [-0.25, -0.2) is 0 Å². The summed E-state index contributed by atoms with van der Waals surface area (Å²) in [5, 5.41) is 9.90. The van der Waals surface area contributed by atoms with Gasteiger partial charge in [-0.15, -0.1) is 0 Å². The van der Waals surface area contributed by atoms with Crippen molar-refractivity contribution in [2.24, 2.45) is 0 Å². The molecule has 0 aliphatic rings. The SMILES string of the molecule is CCCC(O)C(C)c1ccccc1C. The minimum Gasteiger partial charge on any atom is -0.393 e. The van der Waals surface area contributed by atoms with Gasteiger partial charge in [-0.2, -0.15) is 0 Å². The summed E-state index contributed by atoms with van der Waals surface area (Å²) in [6.45, 7) is 6.31. The Labute approximate surface area is 86.8 Å². The molecule has 1 heteroatoms. The minimum absolute atomic E-state index is 0.207. The van der Waals surface area contributed by atoms with Crippen molar-refractivity contribution >= 4 is 0 Å². The van der Waals surface area contributed by atoms with E-state index in [4.69, 9.17) is 0 Å². The van der Waals surface area contributed by atoms with Gasteiger partial charge in [0.05, 0.1) is 6.10 Å². The lowest BCUT2D eigenvalue weighted by Crippen LogP contribution is -2.16. The molecule has 0 spiro atoms. The van der Waals surface area contributed by atoms with Crippen molar-refractivity contribution in [3.05, 3.63) is 35.4 Å². The molecule has 0 saturated carbocycles. The van der Waals surface area contributed by atoms with Crippen LogP contribution in [0.2, 0.25) is 0 Å². The second kappa shape index (κ2) is 5.16. The maximum Gasteiger partial charge on any atom is 0.0606 e. The second-order valence-corrected chi connectivity index (χ2v) is 4.00. The molecule has 0 aromatic heterocycles. The Balaban J connectivity index is 2.78. The van der Waals surface area contributed by atoms with Crippen LogP contribution in [0.25, 0.3) is 0 Å². The van der Waals surface area contributed by atoms with Gasteiger partial charge in [0.25, 0.3) is 0 Å². The number of aliphatic hydroxyl groups excluding tert-OH is 1. The van der Waals surface area contributed by atoms with Crippen molar-refractivity contribution in [3.63, 3.8) is 0 Å². The molecular formula is C13H20O. The van der Waals surface area contributed by atoms with Crippen LogP contribution in [0.15, 0.2) is 24.3 Å². The molecule has 0 aliphatic heterocycles. The minimum atomic E-state index is -0.207. The quantitative estimate of drug-likeness (QED) is 0.776. The van der Waals surface area contributed by atoms with E-state index in [-0.39, 0.29) is 12.0 Å². The Morgan fingerprint density at radius 1 is 1.29 bits per heavy atom.